The molecule has 1 aromatic rings. The SMILES string of the molecule is CCOCCCNc1snc(N)c1OC. The fourth-order valence-corrected chi connectivity index (χ4v) is 1.83. The van der Waals surface area contributed by atoms with Crippen LogP contribution in [0.3, 0.4) is 0 Å². The van der Waals surface area contributed by atoms with Gasteiger partial charge in [0, 0.05) is 19.8 Å². The number of hydrogen-bond donors (Lipinski definition) is 2. The van der Waals surface area contributed by atoms with E-state index in [0.29, 0.717) is 11.6 Å². The van der Waals surface area contributed by atoms with Crippen molar-refractivity contribution in [2.75, 3.05) is 37.9 Å². The molecule has 0 radical (unpaired) electrons. The third-order valence-electron chi connectivity index (χ3n) is 1.83. The maximum atomic E-state index is 5.61. The van der Waals surface area contributed by atoms with Gasteiger partial charge in [0.25, 0.3) is 0 Å². The van der Waals surface area contributed by atoms with Crippen molar-refractivity contribution in [3.05, 3.63) is 0 Å². The van der Waals surface area contributed by atoms with Gasteiger partial charge < -0.3 is 20.5 Å². The number of rotatable bonds is 7. The molecule has 6 heteroatoms. The number of ether oxygens (including phenoxy) is 2. The molecule has 1 heterocycles. The van der Waals surface area contributed by atoms with E-state index in [1.807, 2.05) is 6.92 Å². The lowest BCUT2D eigenvalue weighted by atomic mass is 10.4. The Bertz CT molecular complexity index is 291. The summed E-state index contributed by atoms with van der Waals surface area (Å²) >= 11 is 1.31. The number of nitrogens with two attached hydrogens (primary N) is 1. The van der Waals surface area contributed by atoms with Gasteiger partial charge in [0.15, 0.2) is 16.6 Å². The first-order valence-corrected chi connectivity index (χ1v) is 5.67. The highest BCUT2D eigenvalue weighted by atomic mass is 32.1. The molecular formula is C9H17N3O2S. The largest absolute Gasteiger partial charge is 0.490 e. The molecule has 5 nitrogen and oxygen atoms in total. The second-order valence-corrected chi connectivity index (χ2v) is 3.68. The Morgan fingerprint density at radius 1 is 1.53 bits per heavy atom. The first-order chi connectivity index (χ1) is 7.29. The Kier molecular flexibility index (Phi) is 5.20. The van der Waals surface area contributed by atoms with E-state index < -0.39 is 0 Å². The van der Waals surface area contributed by atoms with E-state index in [1.165, 1.54) is 11.5 Å². The molecule has 0 saturated heterocycles. The lowest BCUT2D eigenvalue weighted by Crippen LogP contribution is -2.05. The average Bonchev–Trinajstić information content (AvgIpc) is 2.59. The number of hydrogen-bond acceptors (Lipinski definition) is 6. The van der Waals surface area contributed by atoms with Crippen molar-refractivity contribution in [3.63, 3.8) is 0 Å². The summed E-state index contributed by atoms with van der Waals surface area (Å²) < 4.78 is 14.4. The summed E-state index contributed by atoms with van der Waals surface area (Å²) in [5, 5.41) is 4.10. The Morgan fingerprint density at radius 2 is 2.33 bits per heavy atom. The van der Waals surface area contributed by atoms with E-state index in [2.05, 4.69) is 9.69 Å². The number of nitrogens with one attached hydrogen (secondary N) is 1. The highest BCUT2D eigenvalue weighted by molar-refractivity contribution is 7.11. The number of methoxy groups -OCH3 is 1. The average molecular weight is 231 g/mol. The van der Waals surface area contributed by atoms with Crippen LogP contribution in [0.25, 0.3) is 0 Å². The van der Waals surface area contributed by atoms with Gasteiger partial charge in [0.05, 0.1) is 7.11 Å². The van der Waals surface area contributed by atoms with Crippen LogP contribution in [0, 0.1) is 0 Å². The minimum absolute atomic E-state index is 0.440. The molecule has 0 atom stereocenters. The van der Waals surface area contributed by atoms with Crippen molar-refractivity contribution in [1.82, 2.24) is 4.37 Å². The predicted molar refractivity (Wildman–Crippen MR) is 62.7 cm³/mol. The van der Waals surface area contributed by atoms with Crippen molar-refractivity contribution in [3.8, 4) is 5.75 Å². The van der Waals surface area contributed by atoms with Crippen LogP contribution in [0.2, 0.25) is 0 Å². The molecule has 86 valence electrons. The van der Waals surface area contributed by atoms with E-state index >= 15 is 0 Å². The van der Waals surface area contributed by atoms with E-state index in [4.69, 9.17) is 15.2 Å². The molecule has 0 saturated carbocycles. The summed E-state index contributed by atoms with van der Waals surface area (Å²) in [7, 11) is 1.59. The fraction of sp³-hybridized carbons (Fsp3) is 0.667. The third-order valence-corrected chi connectivity index (χ3v) is 2.63. The molecule has 0 amide bonds. The van der Waals surface area contributed by atoms with Gasteiger partial charge in [-0.1, -0.05) is 0 Å². The lowest BCUT2D eigenvalue weighted by Gasteiger charge is -2.05. The minimum atomic E-state index is 0.440. The zero-order valence-corrected chi connectivity index (χ0v) is 9.89. The molecule has 0 spiro atoms. The van der Waals surface area contributed by atoms with Gasteiger partial charge in [-0.25, -0.2) is 0 Å². The van der Waals surface area contributed by atoms with Gasteiger partial charge in [-0.05, 0) is 24.9 Å². The van der Waals surface area contributed by atoms with Crippen molar-refractivity contribution in [2.45, 2.75) is 13.3 Å². The predicted octanol–water partition coefficient (Wildman–Crippen LogP) is 1.57. The highest BCUT2D eigenvalue weighted by Crippen LogP contribution is 2.34. The zero-order chi connectivity index (χ0) is 11.1. The third kappa shape index (κ3) is 3.56. The molecule has 1 rings (SSSR count). The van der Waals surface area contributed by atoms with Crippen molar-refractivity contribution in [1.29, 1.82) is 0 Å². The van der Waals surface area contributed by atoms with E-state index in [9.17, 15) is 0 Å². The van der Waals surface area contributed by atoms with Crippen LogP contribution in [-0.4, -0.2) is 31.2 Å². The Hall–Kier alpha value is -1.01. The fourth-order valence-electron chi connectivity index (χ4n) is 1.12. The van der Waals surface area contributed by atoms with E-state index in [1.54, 1.807) is 7.11 Å². The second-order valence-electron chi connectivity index (χ2n) is 2.91. The highest BCUT2D eigenvalue weighted by Gasteiger charge is 2.10. The second kappa shape index (κ2) is 6.47. The van der Waals surface area contributed by atoms with Gasteiger partial charge in [0.2, 0.25) is 0 Å². The normalized spacial score (nSPS) is 10.3. The Morgan fingerprint density at radius 3 is 3.00 bits per heavy atom. The Labute approximate surface area is 93.7 Å². The number of anilines is 2. The maximum Gasteiger partial charge on any atom is 0.197 e. The summed E-state index contributed by atoms with van der Waals surface area (Å²) in [6.07, 6.45) is 0.953. The van der Waals surface area contributed by atoms with Gasteiger partial charge in [-0.15, -0.1) is 0 Å². The molecule has 0 unspecified atom stereocenters. The molecule has 0 aliphatic rings. The number of aromatic nitrogens is 1. The first-order valence-electron chi connectivity index (χ1n) is 4.90. The molecule has 0 aliphatic carbocycles. The van der Waals surface area contributed by atoms with Crippen LogP contribution >= 0.6 is 11.5 Å². The summed E-state index contributed by atoms with van der Waals surface area (Å²) in [6, 6.07) is 0. The van der Waals surface area contributed by atoms with Crippen molar-refractivity contribution in [2.24, 2.45) is 0 Å². The van der Waals surface area contributed by atoms with E-state index in [-0.39, 0.29) is 0 Å². The van der Waals surface area contributed by atoms with Gasteiger partial charge in [0.1, 0.15) is 0 Å². The van der Waals surface area contributed by atoms with E-state index in [0.717, 1.165) is 31.2 Å². The molecule has 0 aromatic carbocycles. The quantitative estimate of drug-likeness (QED) is 0.697. The molecule has 1 aromatic heterocycles. The topological polar surface area (TPSA) is 69.4 Å². The van der Waals surface area contributed by atoms with Gasteiger partial charge in [-0.2, -0.15) is 4.37 Å². The van der Waals surface area contributed by atoms with Crippen LogP contribution in [0.15, 0.2) is 0 Å². The summed E-state index contributed by atoms with van der Waals surface area (Å²) in [5.41, 5.74) is 5.61. The Balaban J connectivity index is 2.30. The lowest BCUT2D eigenvalue weighted by molar-refractivity contribution is 0.147. The van der Waals surface area contributed by atoms with Crippen LogP contribution < -0.4 is 15.8 Å². The molecule has 0 fully saturated rings. The van der Waals surface area contributed by atoms with Gasteiger partial charge in [-0.3, -0.25) is 0 Å². The van der Waals surface area contributed by atoms with Gasteiger partial charge >= 0.3 is 0 Å². The summed E-state index contributed by atoms with van der Waals surface area (Å²) in [4.78, 5) is 0. The monoisotopic (exact) mass is 231 g/mol. The van der Waals surface area contributed by atoms with Crippen molar-refractivity contribution < 1.29 is 9.47 Å². The number of nitrogen functional groups attached to an aromatic ring is 1. The van der Waals surface area contributed by atoms with Crippen molar-refractivity contribution >= 4 is 22.4 Å². The van der Waals surface area contributed by atoms with Crippen LogP contribution in [-0.2, 0) is 4.74 Å². The standard InChI is InChI=1S/C9H17N3O2S/c1-3-14-6-4-5-11-9-7(13-2)8(10)12-15-9/h11H,3-6H2,1-2H3,(H2,10,12). The minimum Gasteiger partial charge on any atom is -0.490 e. The smallest absolute Gasteiger partial charge is 0.197 e. The summed E-state index contributed by atoms with van der Waals surface area (Å²) in [6.45, 7) is 4.34. The summed E-state index contributed by atoms with van der Waals surface area (Å²) in [5.74, 6) is 1.08. The molecule has 0 bridgehead atoms. The maximum absolute atomic E-state index is 5.61. The van der Waals surface area contributed by atoms with Crippen LogP contribution in [0.4, 0.5) is 10.8 Å². The van der Waals surface area contributed by atoms with Crippen LogP contribution in [0.1, 0.15) is 13.3 Å². The molecule has 0 aliphatic heterocycles. The molecule has 15 heavy (non-hydrogen) atoms. The first kappa shape index (κ1) is 12.1. The number of nitrogens with zero attached hydrogens (tertiary/aromatic N) is 1. The molecular weight excluding hydrogens is 214 g/mol. The zero-order valence-electron chi connectivity index (χ0n) is 9.08. The molecule has 3 N–H and O–H groups in total. The van der Waals surface area contributed by atoms with Crippen LogP contribution in [0.5, 0.6) is 5.75 Å².